The molecule has 1 saturated heterocycles. The number of nitrogens with one attached hydrogen (secondary N) is 1. The molecular weight excluding hydrogens is 214 g/mol. The predicted octanol–water partition coefficient (Wildman–Crippen LogP) is 2.58. The van der Waals surface area contributed by atoms with Crippen molar-refractivity contribution in [1.82, 2.24) is 5.32 Å². The molecule has 2 rings (SSSR count). The summed E-state index contributed by atoms with van der Waals surface area (Å²) in [5.41, 5.74) is 2.24. The van der Waals surface area contributed by atoms with Gasteiger partial charge in [-0.15, -0.1) is 0 Å². The lowest BCUT2D eigenvalue weighted by molar-refractivity contribution is -0.134. The smallest absolute Gasteiger partial charge is 0.234 e. The van der Waals surface area contributed by atoms with E-state index < -0.39 is 0 Å². The molecule has 1 aliphatic heterocycles. The van der Waals surface area contributed by atoms with Crippen LogP contribution in [0.15, 0.2) is 24.3 Å². The van der Waals surface area contributed by atoms with Gasteiger partial charge in [-0.1, -0.05) is 38.1 Å². The van der Waals surface area contributed by atoms with Crippen molar-refractivity contribution in [2.45, 2.75) is 38.5 Å². The fraction of sp³-hybridized carbons (Fsp3) is 0.429. The first-order chi connectivity index (χ1) is 8.08. The Hall–Kier alpha value is -1.64. The van der Waals surface area contributed by atoms with Gasteiger partial charge in [-0.25, -0.2) is 0 Å². The Morgan fingerprint density at radius 1 is 1.35 bits per heavy atom. The average Bonchev–Trinajstić information content (AvgIpc) is 2.29. The molecule has 1 N–H and O–H groups in total. The number of hydrogen-bond acceptors (Lipinski definition) is 2. The van der Waals surface area contributed by atoms with Crippen molar-refractivity contribution in [2.75, 3.05) is 0 Å². The molecule has 17 heavy (non-hydrogen) atoms. The largest absolute Gasteiger partial charge is 0.296 e. The van der Waals surface area contributed by atoms with Crippen LogP contribution in [0, 0.1) is 0 Å². The molecule has 3 heteroatoms. The van der Waals surface area contributed by atoms with Crippen LogP contribution in [0.5, 0.6) is 0 Å². The molecule has 0 radical (unpaired) electrons. The van der Waals surface area contributed by atoms with Crippen LogP contribution >= 0.6 is 0 Å². The normalized spacial score (nSPS) is 20.5. The zero-order chi connectivity index (χ0) is 12.4. The average molecular weight is 233 g/mol. The highest BCUT2D eigenvalue weighted by Gasteiger charge is 2.27. The minimum atomic E-state index is -0.175. The third-order valence-corrected chi connectivity index (χ3v) is 3.22. The zero-order valence-electron chi connectivity index (χ0n) is 10.2. The van der Waals surface area contributed by atoms with E-state index >= 15 is 0 Å². The van der Waals surface area contributed by atoms with Crippen molar-refractivity contribution < 1.29 is 11.0 Å². The topological polar surface area (TPSA) is 46.2 Å². The summed E-state index contributed by atoms with van der Waals surface area (Å²) < 4.78 is 0. The molecular formula is C14H19NO2. The van der Waals surface area contributed by atoms with Gasteiger partial charge in [0.25, 0.3) is 0 Å². The monoisotopic (exact) mass is 233 g/mol. The number of imide groups is 1. The third kappa shape index (κ3) is 2.54. The lowest BCUT2D eigenvalue weighted by Gasteiger charge is -2.21. The highest BCUT2D eigenvalue weighted by Crippen LogP contribution is 2.27. The van der Waals surface area contributed by atoms with Gasteiger partial charge < -0.3 is 0 Å². The van der Waals surface area contributed by atoms with Crippen molar-refractivity contribution in [3.05, 3.63) is 35.4 Å². The summed E-state index contributed by atoms with van der Waals surface area (Å²) in [6.07, 6.45) is 1.05. The molecule has 0 saturated carbocycles. The van der Waals surface area contributed by atoms with E-state index in [0.29, 0.717) is 18.8 Å². The first-order valence-corrected chi connectivity index (χ1v) is 6.01. The van der Waals surface area contributed by atoms with E-state index in [4.69, 9.17) is 0 Å². The first-order valence-electron chi connectivity index (χ1n) is 6.01. The van der Waals surface area contributed by atoms with Crippen LogP contribution in [-0.4, -0.2) is 11.8 Å². The van der Waals surface area contributed by atoms with Gasteiger partial charge in [0.05, 0.1) is 5.92 Å². The van der Waals surface area contributed by atoms with Crippen molar-refractivity contribution in [3.63, 3.8) is 0 Å². The molecule has 1 aliphatic rings. The van der Waals surface area contributed by atoms with Crippen LogP contribution in [0.2, 0.25) is 0 Å². The van der Waals surface area contributed by atoms with Gasteiger partial charge in [-0.3, -0.25) is 14.9 Å². The lowest BCUT2D eigenvalue weighted by atomic mass is 9.88. The summed E-state index contributed by atoms with van der Waals surface area (Å²) in [6, 6.07) is 8.09. The second-order valence-corrected chi connectivity index (χ2v) is 4.83. The molecule has 0 spiro atoms. The van der Waals surface area contributed by atoms with Crippen LogP contribution in [0.1, 0.15) is 51.1 Å². The summed E-state index contributed by atoms with van der Waals surface area (Å²) in [5, 5.41) is 2.40. The molecule has 3 nitrogen and oxygen atoms in total. The minimum absolute atomic E-state index is 0. The van der Waals surface area contributed by atoms with Gasteiger partial charge in [0.1, 0.15) is 0 Å². The summed E-state index contributed by atoms with van der Waals surface area (Å²) in [4.78, 5) is 22.8. The molecule has 2 amide bonds. The maximum absolute atomic E-state index is 11.8. The van der Waals surface area contributed by atoms with Crippen LogP contribution in [0.4, 0.5) is 0 Å². The standard InChI is InChI=1S/C14H17NO2.H2/c1-9(2)10-4-3-5-11(8-10)12-6-7-13(16)15-14(12)17;/h3-5,8-9,12H,6-7H2,1-2H3,(H,15,16,17);1H. The van der Waals surface area contributed by atoms with Gasteiger partial charge in [0.2, 0.25) is 11.8 Å². The molecule has 92 valence electrons. The molecule has 1 unspecified atom stereocenters. The SMILES string of the molecule is CC(C)c1cccc(C2CCC(=O)NC2=O)c1.[HH]. The quantitative estimate of drug-likeness (QED) is 0.798. The summed E-state index contributed by atoms with van der Waals surface area (Å²) in [6.45, 7) is 4.26. The molecule has 1 heterocycles. The van der Waals surface area contributed by atoms with E-state index in [1.54, 1.807) is 0 Å². The maximum atomic E-state index is 11.8. The fourth-order valence-electron chi connectivity index (χ4n) is 2.15. The van der Waals surface area contributed by atoms with E-state index in [0.717, 1.165) is 5.56 Å². The molecule has 1 atom stereocenters. The second-order valence-electron chi connectivity index (χ2n) is 4.83. The number of rotatable bonds is 2. The summed E-state index contributed by atoms with van der Waals surface area (Å²) >= 11 is 0. The van der Waals surface area contributed by atoms with Crippen molar-refractivity contribution >= 4 is 11.8 Å². The van der Waals surface area contributed by atoms with Crippen LogP contribution < -0.4 is 5.32 Å². The van der Waals surface area contributed by atoms with Gasteiger partial charge in [0.15, 0.2) is 0 Å². The maximum Gasteiger partial charge on any atom is 0.234 e. The number of amides is 2. The second kappa shape index (κ2) is 4.70. The van der Waals surface area contributed by atoms with Gasteiger partial charge >= 0.3 is 0 Å². The zero-order valence-corrected chi connectivity index (χ0v) is 10.2. The molecule has 1 aromatic rings. The van der Waals surface area contributed by atoms with Gasteiger partial charge in [0, 0.05) is 7.85 Å². The number of hydrogen-bond donors (Lipinski definition) is 1. The number of carbonyl (C=O) groups excluding carboxylic acids is 2. The van der Waals surface area contributed by atoms with Gasteiger partial charge in [-0.05, 0) is 23.5 Å². The highest BCUT2D eigenvalue weighted by molar-refractivity contribution is 6.00. The Kier molecular flexibility index (Phi) is 3.27. The fourth-order valence-corrected chi connectivity index (χ4v) is 2.15. The highest BCUT2D eigenvalue weighted by atomic mass is 16.2. The number of piperidine rings is 1. The molecule has 1 fully saturated rings. The third-order valence-electron chi connectivity index (χ3n) is 3.22. The molecule has 0 aliphatic carbocycles. The van der Waals surface area contributed by atoms with Gasteiger partial charge in [-0.2, -0.15) is 0 Å². The molecule has 0 aromatic heterocycles. The Labute approximate surface area is 103 Å². The predicted molar refractivity (Wildman–Crippen MR) is 67.8 cm³/mol. The first kappa shape index (κ1) is 11.8. The number of benzene rings is 1. The number of carbonyl (C=O) groups is 2. The van der Waals surface area contributed by atoms with E-state index in [2.05, 4.69) is 31.3 Å². The Morgan fingerprint density at radius 3 is 2.76 bits per heavy atom. The minimum Gasteiger partial charge on any atom is -0.296 e. The lowest BCUT2D eigenvalue weighted by Crippen LogP contribution is -2.39. The van der Waals surface area contributed by atoms with E-state index in [1.165, 1.54) is 5.56 Å². The molecule has 1 aromatic carbocycles. The van der Waals surface area contributed by atoms with Crippen LogP contribution in [-0.2, 0) is 9.59 Å². The van der Waals surface area contributed by atoms with Crippen molar-refractivity contribution in [3.8, 4) is 0 Å². The Morgan fingerprint density at radius 2 is 2.12 bits per heavy atom. The van der Waals surface area contributed by atoms with Crippen molar-refractivity contribution in [1.29, 1.82) is 0 Å². The summed E-state index contributed by atoms with van der Waals surface area (Å²) in [5.74, 6) is -0.0527. The van der Waals surface area contributed by atoms with Crippen LogP contribution in [0.25, 0.3) is 0 Å². The van der Waals surface area contributed by atoms with E-state index in [9.17, 15) is 9.59 Å². The summed E-state index contributed by atoms with van der Waals surface area (Å²) in [7, 11) is 0. The Balaban J connectivity index is 0.00000162. The molecule has 0 bridgehead atoms. The van der Waals surface area contributed by atoms with Crippen LogP contribution in [0.3, 0.4) is 0 Å². The van der Waals surface area contributed by atoms with Crippen molar-refractivity contribution in [2.24, 2.45) is 0 Å². The van der Waals surface area contributed by atoms with E-state index in [1.807, 2.05) is 12.1 Å². The Bertz CT molecular complexity index is 457. The van der Waals surface area contributed by atoms with E-state index in [-0.39, 0.29) is 19.2 Å².